The number of unbranched alkanes of at least 4 members (excludes halogenated alkanes) is 1. The Hall–Kier alpha value is -1.59. The van der Waals surface area contributed by atoms with E-state index in [2.05, 4.69) is 17.7 Å². The van der Waals surface area contributed by atoms with Crippen LogP contribution in [-0.4, -0.2) is 25.7 Å². The summed E-state index contributed by atoms with van der Waals surface area (Å²) in [4.78, 5) is 11.9. The SMILES string of the molecule is CCCCOCCCNC(=O)c1ccc(NN)c(C)c1. The molecule has 1 aromatic rings. The summed E-state index contributed by atoms with van der Waals surface area (Å²) in [7, 11) is 0. The van der Waals surface area contributed by atoms with E-state index in [4.69, 9.17) is 10.6 Å². The van der Waals surface area contributed by atoms with E-state index in [1.165, 1.54) is 0 Å². The molecule has 0 saturated heterocycles. The molecule has 0 fully saturated rings. The molecule has 0 atom stereocenters. The molecule has 0 spiro atoms. The van der Waals surface area contributed by atoms with Gasteiger partial charge in [0.25, 0.3) is 5.91 Å². The smallest absolute Gasteiger partial charge is 0.251 e. The molecule has 0 aliphatic rings. The van der Waals surface area contributed by atoms with Crippen LogP contribution >= 0.6 is 0 Å². The molecule has 4 N–H and O–H groups in total. The van der Waals surface area contributed by atoms with Crippen LogP contribution < -0.4 is 16.6 Å². The lowest BCUT2D eigenvalue weighted by Gasteiger charge is -2.09. The minimum atomic E-state index is -0.0646. The first-order valence-electron chi connectivity index (χ1n) is 7.12. The molecule has 5 heteroatoms. The summed E-state index contributed by atoms with van der Waals surface area (Å²) in [5.74, 6) is 5.30. The third-order valence-corrected chi connectivity index (χ3v) is 3.04. The van der Waals surface area contributed by atoms with Crippen LogP contribution in [0.2, 0.25) is 0 Å². The van der Waals surface area contributed by atoms with Gasteiger partial charge in [-0.2, -0.15) is 0 Å². The van der Waals surface area contributed by atoms with Crippen molar-refractivity contribution in [1.82, 2.24) is 5.32 Å². The molecule has 1 rings (SSSR count). The highest BCUT2D eigenvalue weighted by atomic mass is 16.5. The summed E-state index contributed by atoms with van der Waals surface area (Å²) in [6.07, 6.45) is 3.06. The quantitative estimate of drug-likeness (QED) is 0.368. The van der Waals surface area contributed by atoms with Gasteiger partial charge in [-0.25, -0.2) is 0 Å². The van der Waals surface area contributed by atoms with Gasteiger partial charge in [0, 0.05) is 25.3 Å². The third-order valence-electron chi connectivity index (χ3n) is 3.04. The van der Waals surface area contributed by atoms with Crippen LogP contribution in [0.15, 0.2) is 18.2 Å². The average Bonchev–Trinajstić information content (AvgIpc) is 2.46. The number of amides is 1. The normalized spacial score (nSPS) is 10.3. The van der Waals surface area contributed by atoms with E-state index in [1.807, 2.05) is 13.0 Å². The van der Waals surface area contributed by atoms with Crippen molar-refractivity contribution in [2.45, 2.75) is 33.1 Å². The summed E-state index contributed by atoms with van der Waals surface area (Å²) >= 11 is 0. The zero-order chi connectivity index (χ0) is 14.8. The molecule has 20 heavy (non-hydrogen) atoms. The van der Waals surface area contributed by atoms with Gasteiger partial charge in [0.2, 0.25) is 0 Å². The fourth-order valence-corrected chi connectivity index (χ4v) is 1.79. The van der Waals surface area contributed by atoms with E-state index in [0.717, 1.165) is 37.1 Å². The molecular formula is C15H25N3O2. The number of carbonyl (C=O) groups excluding carboxylic acids is 1. The van der Waals surface area contributed by atoms with Gasteiger partial charge in [-0.15, -0.1) is 0 Å². The molecule has 5 nitrogen and oxygen atoms in total. The van der Waals surface area contributed by atoms with Crippen LogP contribution in [0.5, 0.6) is 0 Å². The van der Waals surface area contributed by atoms with Gasteiger partial charge in [0.1, 0.15) is 0 Å². The number of benzene rings is 1. The Bertz CT molecular complexity index is 422. The lowest BCUT2D eigenvalue weighted by molar-refractivity contribution is 0.0940. The standard InChI is InChI=1S/C15H25N3O2/c1-3-4-9-20-10-5-8-17-15(19)13-6-7-14(18-16)12(2)11-13/h6-7,11,18H,3-5,8-10,16H2,1-2H3,(H,17,19). The largest absolute Gasteiger partial charge is 0.381 e. The molecule has 0 saturated carbocycles. The number of rotatable bonds is 9. The number of hydrogen-bond donors (Lipinski definition) is 3. The van der Waals surface area contributed by atoms with E-state index in [0.29, 0.717) is 18.7 Å². The number of hydrazine groups is 1. The first-order valence-corrected chi connectivity index (χ1v) is 7.12. The lowest BCUT2D eigenvalue weighted by atomic mass is 10.1. The van der Waals surface area contributed by atoms with Crippen molar-refractivity contribution in [2.24, 2.45) is 5.84 Å². The van der Waals surface area contributed by atoms with Gasteiger partial charge < -0.3 is 15.5 Å². The number of nitrogens with two attached hydrogens (primary N) is 1. The second kappa shape index (κ2) is 9.34. The van der Waals surface area contributed by atoms with Gasteiger partial charge in [-0.05, 0) is 43.5 Å². The fraction of sp³-hybridized carbons (Fsp3) is 0.533. The summed E-state index contributed by atoms with van der Waals surface area (Å²) < 4.78 is 5.44. The van der Waals surface area contributed by atoms with Gasteiger partial charge >= 0.3 is 0 Å². The molecular weight excluding hydrogens is 254 g/mol. The Morgan fingerprint density at radius 1 is 1.30 bits per heavy atom. The predicted molar refractivity (Wildman–Crippen MR) is 81.7 cm³/mol. The Balaban J connectivity index is 2.27. The van der Waals surface area contributed by atoms with Crippen molar-refractivity contribution < 1.29 is 9.53 Å². The van der Waals surface area contributed by atoms with Gasteiger partial charge in [0.05, 0.1) is 5.69 Å². The Labute approximate surface area is 120 Å². The maximum atomic E-state index is 11.9. The second-order valence-corrected chi connectivity index (χ2v) is 4.75. The van der Waals surface area contributed by atoms with Crippen molar-refractivity contribution in [3.63, 3.8) is 0 Å². The molecule has 0 aromatic heterocycles. The highest BCUT2D eigenvalue weighted by Crippen LogP contribution is 2.14. The van der Waals surface area contributed by atoms with E-state index in [-0.39, 0.29) is 5.91 Å². The highest BCUT2D eigenvalue weighted by Gasteiger charge is 2.06. The molecule has 1 amide bonds. The van der Waals surface area contributed by atoms with Crippen LogP contribution in [0.4, 0.5) is 5.69 Å². The highest BCUT2D eigenvalue weighted by molar-refractivity contribution is 5.94. The number of nitrogen functional groups attached to an aromatic ring is 1. The molecule has 112 valence electrons. The van der Waals surface area contributed by atoms with Crippen molar-refractivity contribution in [3.8, 4) is 0 Å². The molecule has 0 aliphatic carbocycles. The Morgan fingerprint density at radius 2 is 2.05 bits per heavy atom. The van der Waals surface area contributed by atoms with Gasteiger partial charge in [-0.1, -0.05) is 13.3 Å². The number of aryl methyl sites for hydroxylation is 1. The molecule has 0 aliphatic heterocycles. The van der Waals surface area contributed by atoms with Crippen LogP contribution in [-0.2, 0) is 4.74 Å². The number of nitrogens with one attached hydrogen (secondary N) is 2. The minimum absolute atomic E-state index is 0.0646. The van der Waals surface area contributed by atoms with E-state index in [9.17, 15) is 4.79 Å². The van der Waals surface area contributed by atoms with E-state index >= 15 is 0 Å². The van der Waals surface area contributed by atoms with E-state index in [1.54, 1.807) is 12.1 Å². The zero-order valence-electron chi connectivity index (χ0n) is 12.4. The third kappa shape index (κ3) is 5.59. The first-order chi connectivity index (χ1) is 9.69. The van der Waals surface area contributed by atoms with Gasteiger partial charge in [-0.3, -0.25) is 10.6 Å². The fourth-order valence-electron chi connectivity index (χ4n) is 1.79. The monoisotopic (exact) mass is 279 g/mol. The summed E-state index contributed by atoms with van der Waals surface area (Å²) in [5.41, 5.74) is 5.01. The molecule has 0 heterocycles. The van der Waals surface area contributed by atoms with Crippen LogP contribution in [0, 0.1) is 6.92 Å². The molecule has 0 radical (unpaired) electrons. The summed E-state index contributed by atoms with van der Waals surface area (Å²) in [6, 6.07) is 5.38. The average molecular weight is 279 g/mol. The molecule has 1 aromatic carbocycles. The second-order valence-electron chi connectivity index (χ2n) is 4.75. The topological polar surface area (TPSA) is 76.4 Å². The summed E-state index contributed by atoms with van der Waals surface area (Å²) in [5, 5.41) is 2.88. The van der Waals surface area contributed by atoms with Crippen LogP contribution in [0.1, 0.15) is 42.1 Å². The van der Waals surface area contributed by atoms with Crippen molar-refractivity contribution in [1.29, 1.82) is 0 Å². The van der Waals surface area contributed by atoms with Crippen molar-refractivity contribution in [2.75, 3.05) is 25.2 Å². The zero-order valence-corrected chi connectivity index (χ0v) is 12.4. The molecule has 0 bridgehead atoms. The number of hydrogen-bond acceptors (Lipinski definition) is 4. The predicted octanol–water partition coefficient (Wildman–Crippen LogP) is 2.22. The van der Waals surface area contributed by atoms with Gasteiger partial charge in [0.15, 0.2) is 0 Å². The summed E-state index contributed by atoms with van der Waals surface area (Å²) in [6.45, 7) is 6.16. The minimum Gasteiger partial charge on any atom is -0.381 e. The maximum absolute atomic E-state index is 11.9. The Morgan fingerprint density at radius 3 is 2.70 bits per heavy atom. The van der Waals surface area contributed by atoms with Crippen LogP contribution in [0.25, 0.3) is 0 Å². The first kappa shape index (κ1) is 16.5. The number of anilines is 1. The van der Waals surface area contributed by atoms with Crippen molar-refractivity contribution >= 4 is 11.6 Å². The molecule has 0 unspecified atom stereocenters. The number of ether oxygens (including phenoxy) is 1. The lowest BCUT2D eigenvalue weighted by Crippen LogP contribution is -2.25. The number of carbonyl (C=O) groups is 1. The van der Waals surface area contributed by atoms with Crippen molar-refractivity contribution in [3.05, 3.63) is 29.3 Å². The maximum Gasteiger partial charge on any atom is 0.251 e. The Kier molecular flexibility index (Phi) is 7.69. The van der Waals surface area contributed by atoms with E-state index < -0.39 is 0 Å². The van der Waals surface area contributed by atoms with Crippen LogP contribution in [0.3, 0.4) is 0 Å².